The lowest BCUT2D eigenvalue weighted by Gasteiger charge is -2.25. The highest BCUT2D eigenvalue weighted by Gasteiger charge is 2.33. The highest BCUT2D eigenvalue weighted by molar-refractivity contribution is 8.00. The Hall–Kier alpha value is -2.12. The van der Waals surface area contributed by atoms with Crippen LogP contribution in [0.2, 0.25) is 5.02 Å². The first-order valence-corrected chi connectivity index (χ1v) is 9.56. The minimum Gasteiger partial charge on any atom is -0.493 e. The van der Waals surface area contributed by atoms with Gasteiger partial charge in [0.25, 0.3) is 0 Å². The number of thioether (sulfide) groups is 1. The molecule has 144 valence electrons. The summed E-state index contributed by atoms with van der Waals surface area (Å²) in [6, 6.07) is 8.16. The molecule has 2 aromatic carbocycles. The summed E-state index contributed by atoms with van der Waals surface area (Å²) in [5, 5.41) is -0.199. The van der Waals surface area contributed by atoms with Crippen LogP contribution in [0.3, 0.4) is 0 Å². The highest BCUT2D eigenvalue weighted by atomic mass is 35.5. The first-order chi connectivity index (χ1) is 13.0. The molecular weight excluding hydrogens is 393 g/mol. The zero-order valence-electron chi connectivity index (χ0n) is 15.1. The van der Waals surface area contributed by atoms with Gasteiger partial charge in [-0.25, -0.2) is 4.39 Å². The molecule has 1 unspecified atom stereocenters. The van der Waals surface area contributed by atoms with Crippen molar-refractivity contribution < 1.29 is 23.4 Å². The fourth-order valence-electron chi connectivity index (χ4n) is 2.99. The van der Waals surface area contributed by atoms with Gasteiger partial charge in [0, 0.05) is 6.54 Å². The van der Waals surface area contributed by atoms with Crippen molar-refractivity contribution in [2.45, 2.75) is 11.9 Å². The van der Waals surface area contributed by atoms with E-state index in [2.05, 4.69) is 0 Å². The van der Waals surface area contributed by atoms with Crippen LogP contribution in [0.4, 0.5) is 4.39 Å². The predicted molar refractivity (Wildman–Crippen MR) is 103 cm³/mol. The van der Waals surface area contributed by atoms with Crippen LogP contribution in [-0.4, -0.2) is 37.9 Å². The number of amides is 1. The smallest absolute Gasteiger partial charge is 0.234 e. The maximum absolute atomic E-state index is 13.5. The summed E-state index contributed by atoms with van der Waals surface area (Å²) in [4.78, 5) is 14.2. The van der Waals surface area contributed by atoms with Gasteiger partial charge in [-0.15, -0.1) is 11.8 Å². The van der Waals surface area contributed by atoms with Gasteiger partial charge in [-0.2, -0.15) is 0 Å². The molecule has 27 heavy (non-hydrogen) atoms. The molecule has 1 saturated heterocycles. The van der Waals surface area contributed by atoms with Crippen LogP contribution in [0.1, 0.15) is 16.5 Å². The van der Waals surface area contributed by atoms with Crippen molar-refractivity contribution in [3.8, 4) is 17.2 Å². The zero-order chi connectivity index (χ0) is 19.6. The summed E-state index contributed by atoms with van der Waals surface area (Å²) in [6.45, 7) is 0.349. The third kappa shape index (κ3) is 3.94. The van der Waals surface area contributed by atoms with E-state index in [0.29, 0.717) is 29.5 Å². The lowest BCUT2D eigenvalue weighted by molar-refractivity contribution is -0.128. The van der Waals surface area contributed by atoms with Crippen LogP contribution < -0.4 is 14.2 Å². The van der Waals surface area contributed by atoms with Gasteiger partial charge in [0.2, 0.25) is 11.7 Å². The Morgan fingerprint density at radius 1 is 1.15 bits per heavy atom. The Morgan fingerprint density at radius 2 is 1.81 bits per heavy atom. The number of halogens is 2. The standard InChI is InChI=1S/C19H19ClFNO4S/c1-24-15-6-11(7-16(25-2)18(15)26-3)9-22-17(23)10-27-19(22)12-4-5-14(21)13(20)8-12/h4-8,19H,9-10H2,1-3H3. The van der Waals surface area contributed by atoms with E-state index in [9.17, 15) is 9.18 Å². The van der Waals surface area contributed by atoms with Crippen LogP contribution >= 0.6 is 23.4 Å². The number of benzene rings is 2. The first-order valence-electron chi connectivity index (χ1n) is 8.13. The molecule has 8 heteroatoms. The maximum Gasteiger partial charge on any atom is 0.234 e. The molecule has 0 bridgehead atoms. The van der Waals surface area contributed by atoms with Gasteiger partial charge >= 0.3 is 0 Å². The van der Waals surface area contributed by atoms with Crippen molar-refractivity contribution in [3.05, 3.63) is 52.3 Å². The SMILES string of the molecule is COc1cc(CN2C(=O)CSC2c2ccc(F)c(Cl)c2)cc(OC)c1OC. The first kappa shape index (κ1) is 19.6. The molecule has 1 aliphatic rings. The van der Waals surface area contributed by atoms with Crippen LogP contribution in [0, 0.1) is 5.82 Å². The normalized spacial score (nSPS) is 16.6. The summed E-state index contributed by atoms with van der Waals surface area (Å²) in [5.41, 5.74) is 1.61. The Bertz CT molecular complexity index is 839. The lowest BCUT2D eigenvalue weighted by Crippen LogP contribution is -2.27. The molecule has 5 nitrogen and oxygen atoms in total. The molecule has 0 spiro atoms. The van der Waals surface area contributed by atoms with Crippen molar-refractivity contribution in [2.75, 3.05) is 27.1 Å². The fraction of sp³-hybridized carbons (Fsp3) is 0.316. The van der Waals surface area contributed by atoms with E-state index in [-0.39, 0.29) is 16.3 Å². The molecule has 0 radical (unpaired) electrons. The number of carbonyl (C=O) groups is 1. The van der Waals surface area contributed by atoms with Crippen molar-refractivity contribution in [3.63, 3.8) is 0 Å². The molecule has 0 N–H and O–H groups in total. The Kier molecular flexibility index (Phi) is 6.01. The Labute approximate surface area is 166 Å². The third-order valence-electron chi connectivity index (χ3n) is 4.27. The summed E-state index contributed by atoms with van der Waals surface area (Å²) in [7, 11) is 4.62. The van der Waals surface area contributed by atoms with Crippen LogP contribution in [0.15, 0.2) is 30.3 Å². The summed E-state index contributed by atoms with van der Waals surface area (Å²) in [5.74, 6) is 1.40. The topological polar surface area (TPSA) is 48.0 Å². The van der Waals surface area contributed by atoms with E-state index in [1.54, 1.807) is 31.3 Å². The maximum atomic E-state index is 13.5. The number of hydrogen-bond donors (Lipinski definition) is 0. The fourth-order valence-corrected chi connectivity index (χ4v) is 4.36. The molecule has 1 atom stereocenters. The van der Waals surface area contributed by atoms with E-state index in [1.807, 2.05) is 12.1 Å². The average Bonchev–Trinajstić information content (AvgIpc) is 3.03. The number of nitrogens with zero attached hydrogens (tertiary/aromatic N) is 1. The monoisotopic (exact) mass is 411 g/mol. The number of rotatable bonds is 6. The molecule has 0 aromatic heterocycles. The summed E-state index contributed by atoms with van der Waals surface area (Å²) >= 11 is 7.40. The van der Waals surface area contributed by atoms with Gasteiger partial charge in [0.15, 0.2) is 11.5 Å². The summed E-state index contributed by atoms with van der Waals surface area (Å²) < 4.78 is 29.6. The average molecular weight is 412 g/mol. The van der Waals surface area contributed by atoms with Crippen LogP contribution in [-0.2, 0) is 11.3 Å². The zero-order valence-corrected chi connectivity index (χ0v) is 16.7. The van der Waals surface area contributed by atoms with E-state index in [4.69, 9.17) is 25.8 Å². The molecule has 0 aliphatic carbocycles. The number of ether oxygens (including phenoxy) is 3. The quantitative estimate of drug-likeness (QED) is 0.710. The van der Waals surface area contributed by atoms with Crippen LogP contribution in [0.5, 0.6) is 17.2 Å². The van der Waals surface area contributed by atoms with Gasteiger partial charge in [0.1, 0.15) is 11.2 Å². The number of hydrogen-bond acceptors (Lipinski definition) is 5. The van der Waals surface area contributed by atoms with Gasteiger partial charge in [-0.1, -0.05) is 17.7 Å². The van der Waals surface area contributed by atoms with Crippen molar-refractivity contribution in [1.82, 2.24) is 4.90 Å². The Balaban J connectivity index is 1.92. The second-order valence-corrected chi connectivity index (χ2v) is 7.37. The molecule has 1 fully saturated rings. The van der Waals surface area contributed by atoms with Gasteiger partial charge in [-0.3, -0.25) is 4.79 Å². The Morgan fingerprint density at radius 3 is 2.37 bits per heavy atom. The van der Waals surface area contributed by atoms with Gasteiger partial charge < -0.3 is 19.1 Å². The minimum atomic E-state index is -0.481. The number of carbonyl (C=O) groups excluding carboxylic acids is 1. The molecule has 3 rings (SSSR count). The molecule has 2 aromatic rings. The van der Waals surface area contributed by atoms with Crippen LogP contribution in [0.25, 0.3) is 0 Å². The second-order valence-electron chi connectivity index (χ2n) is 5.89. The summed E-state index contributed by atoms with van der Waals surface area (Å²) in [6.07, 6.45) is 0. The lowest BCUT2D eigenvalue weighted by atomic mass is 10.1. The van der Waals surface area contributed by atoms with Crippen molar-refractivity contribution in [2.24, 2.45) is 0 Å². The highest BCUT2D eigenvalue weighted by Crippen LogP contribution is 2.43. The molecule has 1 aliphatic heterocycles. The molecule has 1 heterocycles. The van der Waals surface area contributed by atoms with Gasteiger partial charge in [-0.05, 0) is 35.4 Å². The molecule has 1 amide bonds. The van der Waals surface area contributed by atoms with Gasteiger partial charge in [0.05, 0.1) is 32.1 Å². The van der Waals surface area contributed by atoms with Crippen molar-refractivity contribution in [1.29, 1.82) is 0 Å². The van der Waals surface area contributed by atoms with E-state index in [1.165, 1.54) is 24.9 Å². The predicted octanol–water partition coefficient (Wildman–Crippen LogP) is 4.28. The van der Waals surface area contributed by atoms with Crippen molar-refractivity contribution >= 4 is 29.3 Å². The largest absolute Gasteiger partial charge is 0.493 e. The molecular formula is C19H19ClFNO4S. The van der Waals surface area contributed by atoms with E-state index in [0.717, 1.165) is 11.1 Å². The van der Waals surface area contributed by atoms with E-state index < -0.39 is 5.82 Å². The second kappa shape index (κ2) is 8.27. The minimum absolute atomic E-state index is 0.000742. The number of methoxy groups -OCH3 is 3. The van der Waals surface area contributed by atoms with E-state index >= 15 is 0 Å². The molecule has 0 saturated carbocycles. The third-order valence-corrected chi connectivity index (χ3v) is 5.82.